The summed E-state index contributed by atoms with van der Waals surface area (Å²) in [5, 5.41) is 0. The quantitative estimate of drug-likeness (QED) is 0.459. The number of unbranched alkanes of at least 4 members (excludes halogenated alkanes) is 1. The molecule has 0 aliphatic carbocycles. The lowest BCUT2D eigenvalue weighted by molar-refractivity contribution is -0.107. The van der Waals surface area contributed by atoms with Gasteiger partial charge in [0, 0.05) is 11.9 Å². The number of carbonyl (C=O) groups excluding carboxylic acids is 1. The topological polar surface area (TPSA) is 44.8 Å². The van der Waals surface area contributed by atoms with Crippen molar-refractivity contribution < 1.29 is 23.2 Å². The van der Waals surface area contributed by atoms with E-state index in [1.54, 1.807) is 7.11 Å². The molecule has 1 heterocycles. The fraction of sp³-hybridized carbons (Fsp3) is 0.588. The minimum Gasteiger partial charge on any atom is -0.497 e. The van der Waals surface area contributed by atoms with Gasteiger partial charge in [-0.25, -0.2) is 4.39 Å². The van der Waals surface area contributed by atoms with E-state index in [-0.39, 0.29) is 5.82 Å². The second kappa shape index (κ2) is 6.61. The molecule has 1 aromatic rings. The average Bonchev–Trinajstić information content (AvgIpc) is 2.67. The van der Waals surface area contributed by atoms with Gasteiger partial charge >= 0.3 is 7.12 Å². The molecular weight excluding hydrogens is 298 g/mol. The normalized spacial score (nSPS) is 19.0. The van der Waals surface area contributed by atoms with Gasteiger partial charge in [0.15, 0.2) is 0 Å². The van der Waals surface area contributed by atoms with Crippen molar-refractivity contribution in [2.75, 3.05) is 7.11 Å². The van der Waals surface area contributed by atoms with Crippen molar-refractivity contribution in [2.24, 2.45) is 0 Å². The van der Waals surface area contributed by atoms with Gasteiger partial charge in [-0.2, -0.15) is 0 Å². The molecule has 0 unspecified atom stereocenters. The van der Waals surface area contributed by atoms with Crippen LogP contribution in [0.15, 0.2) is 12.1 Å². The van der Waals surface area contributed by atoms with E-state index in [0.29, 0.717) is 30.5 Å². The number of aryl methyl sites for hydroxylation is 1. The van der Waals surface area contributed by atoms with Crippen LogP contribution in [0, 0.1) is 5.82 Å². The highest BCUT2D eigenvalue weighted by atomic mass is 19.1. The van der Waals surface area contributed by atoms with Crippen LogP contribution >= 0.6 is 0 Å². The minimum atomic E-state index is -0.685. The van der Waals surface area contributed by atoms with Crippen LogP contribution in [0.2, 0.25) is 0 Å². The Morgan fingerprint density at radius 1 is 1.22 bits per heavy atom. The number of rotatable bonds is 6. The van der Waals surface area contributed by atoms with Crippen LogP contribution < -0.4 is 10.2 Å². The van der Waals surface area contributed by atoms with Crippen molar-refractivity contribution in [2.45, 2.75) is 58.2 Å². The van der Waals surface area contributed by atoms with E-state index in [1.165, 1.54) is 12.1 Å². The number of halogens is 1. The zero-order chi connectivity index (χ0) is 17.3. The molecule has 0 atom stereocenters. The molecule has 2 rings (SSSR count). The Morgan fingerprint density at radius 3 is 2.35 bits per heavy atom. The van der Waals surface area contributed by atoms with Gasteiger partial charge < -0.3 is 18.8 Å². The summed E-state index contributed by atoms with van der Waals surface area (Å²) in [6.45, 7) is 7.79. The number of benzene rings is 1. The Balaban J connectivity index is 2.37. The molecule has 1 aliphatic heterocycles. The van der Waals surface area contributed by atoms with Gasteiger partial charge in [-0.1, -0.05) is 0 Å². The molecule has 0 saturated carbocycles. The van der Waals surface area contributed by atoms with Crippen LogP contribution in [0.3, 0.4) is 0 Å². The molecule has 0 amide bonds. The molecule has 0 N–H and O–H groups in total. The summed E-state index contributed by atoms with van der Waals surface area (Å²) in [6, 6.07) is 2.84. The molecule has 0 spiro atoms. The first kappa shape index (κ1) is 18.0. The summed E-state index contributed by atoms with van der Waals surface area (Å²) in [5.74, 6) is 0.201. The fourth-order valence-corrected chi connectivity index (χ4v) is 2.63. The Bertz CT molecular complexity index is 570. The van der Waals surface area contributed by atoms with Gasteiger partial charge in [-0.3, -0.25) is 0 Å². The van der Waals surface area contributed by atoms with Crippen LogP contribution in [0.4, 0.5) is 4.39 Å². The molecule has 0 aromatic heterocycles. The van der Waals surface area contributed by atoms with Crippen LogP contribution in [0.1, 0.15) is 46.1 Å². The van der Waals surface area contributed by atoms with Gasteiger partial charge in [0.05, 0.1) is 18.3 Å². The largest absolute Gasteiger partial charge is 0.498 e. The van der Waals surface area contributed by atoms with Crippen LogP contribution in [-0.2, 0) is 20.5 Å². The third-order valence-electron chi connectivity index (χ3n) is 4.64. The van der Waals surface area contributed by atoms with Gasteiger partial charge in [0.2, 0.25) is 0 Å². The number of carbonyl (C=O) groups is 1. The molecule has 0 radical (unpaired) electrons. The first-order valence-electron chi connectivity index (χ1n) is 7.87. The number of hydrogen-bond acceptors (Lipinski definition) is 4. The van der Waals surface area contributed by atoms with Gasteiger partial charge in [0.1, 0.15) is 17.9 Å². The third-order valence-corrected chi connectivity index (χ3v) is 4.64. The summed E-state index contributed by atoms with van der Waals surface area (Å²) < 4.78 is 31.6. The van der Waals surface area contributed by atoms with Crippen molar-refractivity contribution in [1.82, 2.24) is 0 Å². The molecule has 6 heteroatoms. The lowest BCUT2D eigenvalue weighted by atomic mass is 9.77. The maximum absolute atomic E-state index is 14.1. The number of ether oxygens (including phenoxy) is 1. The molecule has 126 valence electrons. The second-order valence-corrected chi connectivity index (χ2v) is 6.83. The smallest absolute Gasteiger partial charge is 0.497 e. The summed E-state index contributed by atoms with van der Waals surface area (Å²) in [7, 11) is 0.862. The molecule has 1 aromatic carbocycles. The standard InChI is InChI=1S/C17H24BFO4/c1-16(2)17(3,4)23-18(22-16)14-11-13(19)10-12(15(14)21-5)8-6-7-9-20/h9-11H,6-8H2,1-5H3. The first-order chi connectivity index (χ1) is 10.7. The number of methoxy groups -OCH3 is 1. The average molecular weight is 322 g/mol. The lowest BCUT2D eigenvalue weighted by Crippen LogP contribution is -2.41. The maximum Gasteiger partial charge on any atom is 0.498 e. The monoisotopic (exact) mass is 322 g/mol. The zero-order valence-corrected chi connectivity index (χ0v) is 14.4. The van der Waals surface area contributed by atoms with E-state index in [4.69, 9.17) is 14.0 Å². The molecule has 1 fully saturated rings. The Hall–Kier alpha value is -1.40. The highest BCUT2D eigenvalue weighted by Crippen LogP contribution is 2.37. The van der Waals surface area contributed by atoms with E-state index >= 15 is 0 Å². The first-order valence-corrected chi connectivity index (χ1v) is 7.87. The van der Waals surface area contributed by atoms with Gasteiger partial charge in [-0.05, 0) is 58.2 Å². The summed E-state index contributed by atoms with van der Waals surface area (Å²) in [4.78, 5) is 10.5. The van der Waals surface area contributed by atoms with E-state index in [2.05, 4.69) is 0 Å². The maximum atomic E-state index is 14.1. The van der Waals surface area contributed by atoms with Crippen LogP contribution in [0.5, 0.6) is 5.75 Å². The van der Waals surface area contributed by atoms with Gasteiger partial charge in [-0.15, -0.1) is 0 Å². The van der Waals surface area contributed by atoms with E-state index < -0.39 is 18.3 Å². The Labute approximate surface area is 137 Å². The Kier molecular flexibility index (Phi) is 5.16. The van der Waals surface area contributed by atoms with Crippen molar-refractivity contribution in [3.63, 3.8) is 0 Å². The second-order valence-electron chi connectivity index (χ2n) is 6.83. The number of aldehydes is 1. The van der Waals surface area contributed by atoms with Crippen molar-refractivity contribution >= 4 is 18.9 Å². The fourth-order valence-electron chi connectivity index (χ4n) is 2.63. The number of hydrogen-bond donors (Lipinski definition) is 0. The highest BCUT2D eigenvalue weighted by molar-refractivity contribution is 6.63. The zero-order valence-electron chi connectivity index (χ0n) is 14.4. The highest BCUT2D eigenvalue weighted by Gasteiger charge is 2.52. The summed E-state index contributed by atoms with van der Waals surface area (Å²) >= 11 is 0. The predicted octanol–water partition coefficient (Wildman–Crippen LogP) is 2.66. The lowest BCUT2D eigenvalue weighted by Gasteiger charge is -2.32. The minimum absolute atomic E-state index is 0.364. The van der Waals surface area contributed by atoms with E-state index in [1.807, 2.05) is 27.7 Å². The predicted molar refractivity (Wildman–Crippen MR) is 87.7 cm³/mol. The molecule has 1 aliphatic rings. The summed E-state index contributed by atoms with van der Waals surface area (Å²) in [5.41, 5.74) is 0.255. The molecule has 1 saturated heterocycles. The van der Waals surface area contributed by atoms with Crippen molar-refractivity contribution in [3.05, 3.63) is 23.5 Å². The van der Waals surface area contributed by atoms with Crippen molar-refractivity contribution in [3.8, 4) is 5.75 Å². The molecule has 23 heavy (non-hydrogen) atoms. The Morgan fingerprint density at radius 2 is 1.83 bits per heavy atom. The third kappa shape index (κ3) is 3.58. The summed E-state index contributed by atoms with van der Waals surface area (Å²) in [6.07, 6.45) is 2.50. The van der Waals surface area contributed by atoms with E-state index in [0.717, 1.165) is 11.8 Å². The van der Waals surface area contributed by atoms with E-state index in [9.17, 15) is 9.18 Å². The van der Waals surface area contributed by atoms with Crippen molar-refractivity contribution in [1.29, 1.82) is 0 Å². The molecule has 4 nitrogen and oxygen atoms in total. The van der Waals surface area contributed by atoms with Crippen LogP contribution in [-0.4, -0.2) is 31.7 Å². The molecule has 0 bridgehead atoms. The SMILES string of the molecule is COc1c(CCCC=O)cc(F)cc1B1OC(C)(C)C(C)(C)O1. The molecular formula is C17H24BFO4. The van der Waals surface area contributed by atoms with Crippen LogP contribution in [0.25, 0.3) is 0 Å². The van der Waals surface area contributed by atoms with Gasteiger partial charge in [0.25, 0.3) is 0 Å².